The molecule has 0 saturated heterocycles. The molecule has 132 valence electrons. The zero-order valence-electron chi connectivity index (χ0n) is 15.3. The van der Waals surface area contributed by atoms with Gasteiger partial charge in [-0.25, -0.2) is 0 Å². The van der Waals surface area contributed by atoms with Gasteiger partial charge in [0, 0.05) is 16.5 Å². The Morgan fingerprint density at radius 1 is 1.04 bits per heavy atom. The fraction of sp³-hybridized carbons (Fsp3) is 0.455. The second-order valence-corrected chi connectivity index (χ2v) is 7.36. The molecule has 1 aliphatic heterocycles. The summed E-state index contributed by atoms with van der Waals surface area (Å²) in [7, 11) is 1.76. The number of rotatable bonds is 4. The van der Waals surface area contributed by atoms with E-state index in [1.807, 2.05) is 6.92 Å². The molecule has 25 heavy (non-hydrogen) atoms. The summed E-state index contributed by atoms with van der Waals surface area (Å²) in [5, 5.41) is 2.53. The Morgan fingerprint density at radius 2 is 1.76 bits per heavy atom. The molecule has 2 aromatic rings. The minimum Gasteiger partial charge on any atom is -0.497 e. The van der Waals surface area contributed by atoms with Crippen molar-refractivity contribution in [3.8, 4) is 11.5 Å². The summed E-state index contributed by atoms with van der Waals surface area (Å²) in [4.78, 5) is 0. The highest BCUT2D eigenvalue weighted by molar-refractivity contribution is 5.47. The first-order valence-electron chi connectivity index (χ1n) is 9.50. The third-order valence-electron chi connectivity index (χ3n) is 6.02. The summed E-state index contributed by atoms with van der Waals surface area (Å²) in [6.07, 6.45) is 5.34. The number of ether oxygens (including phenoxy) is 2. The Bertz CT molecular complexity index is 732. The average Bonchev–Trinajstić information content (AvgIpc) is 3.12. The SMILES string of the molecule is CCOc1ccc([C@@H]2[NH2+]CC3(CCCC3)c3ccc(OC)cc32)cc1. The van der Waals surface area contributed by atoms with Crippen molar-refractivity contribution in [2.75, 3.05) is 20.3 Å². The van der Waals surface area contributed by atoms with Crippen LogP contribution in [0.5, 0.6) is 11.5 Å². The highest BCUT2D eigenvalue weighted by Crippen LogP contribution is 2.45. The molecule has 3 heteroatoms. The van der Waals surface area contributed by atoms with Crippen LogP contribution in [0.2, 0.25) is 0 Å². The largest absolute Gasteiger partial charge is 0.497 e. The molecule has 1 fully saturated rings. The van der Waals surface area contributed by atoms with Crippen LogP contribution in [-0.2, 0) is 5.41 Å². The molecule has 0 bridgehead atoms. The predicted octanol–water partition coefficient (Wildman–Crippen LogP) is 3.57. The average molecular weight is 338 g/mol. The van der Waals surface area contributed by atoms with Gasteiger partial charge in [0.2, 0.25) is 0 Å². The van der Waals surface area contributed by atoms with Gasteiger partial charge in [-0.2, -0.15) is 0 Å². The zero-order chi connectivity index (χ0) is 17.3. The topological polar surface area (TPSA) is 35.1 Å². The van der Waals surface area contributed by atoms with Crippen molar-refractivity contribution in [2.45, 2.75) is 44.1 Å². The summed E-state index contributed by atoms with van der Waals surface area (Å²) in [5.74, 6) is 1.90. The van der Waals surface area contributed by atoms with E-state index in [2.05, 4.69) is 47.8 Å². The van der Waals surface area contributed by atoms with Crippen molar-refractivity contribution in [1.29, 1.82) is 0 Å². The van der Waals surface area contributed by atoms with Gasteiger partial charge in [-0.1, -0.05) is 18.9 Å². The Kier molecular flexibility index (Phi) is 4.43. The van der Waals surface area contributed by atoms with Crippen molar-refractivity contribution in [3.05, 3.63) is 59.2 Å². The molecular weight excluding hydrogens is 310 g/mol. The Morgan fingerprint density at radius 3 is 2.44 bits per heavy atom. The normalized spacial score (nSPS) is 21.1. The zero-order valence-corrected chi connectivity index (χ0v) is 15.3. The first kappa shape index (κ1) is 16.5. The number of quaternary nitrogens is 1. The molecule has 4 rings (SSSR count). The van der Waals surface area contributed by atoms with Crippen LogP contribution in [0, 0.1) is 0 Å². The number of methoxy groups -OCH3 is 1. The van der Waals surface area contributed by atoms with Crippen molar-refractivity contribution >= 4 is 0 Å². The maximum absolute atomic E-state index is 5.60. The molecule has 2 aliphatic rings. The third-order valence-corrected chi connectivity index (χ3v) is 6.02. The Balaban J connectivity index is 1.74. The second-order valence-electron chi connectivity index (χ2n) is 7.36. The highest BCUT2D eigenvalue weighted by Gasteiger charge is 2.44. The van der Waals surface area contributed by atoms with E-state index in [0.717, 1.165) is 11.5 Å². The lowest BCUT2D eigenvalue weighted by Gasteiger charge is -2.38. The van der Waals surface area contributed by atoms with Crippen LogP contribution in [0.4, 0.5) is 0 Å². The lowest BCUT2D eigenvalue weighted by Crippen LogP contribution is -2.90. The van der Waals surface area contributed by atoms with Gasteiger partial charge in [-0.3, -0.25) is 0 Å². The smallest absolute Gasteiger partial charge is 0.138 e. The molecule has 1 aliphatic carbocycles. The van der Waals surface area contributed by atoms with Crippen LogP contribution >= 0.6 is 0 Å². The van der Waals surface area contributed by atoms with E-state index in [1.165, 1.54) is 43.4 Å². The van der Waals surface area contributed by atoms with Crippen LogP contribution < -0.4 is 14.8 Å². The fourth-order valence-corrected chi connectivity index (χ4v) is 4.77. The van der Waals surface area contributed by atoms with Gasteiger partial charge in [0.1, 0.15) is 17.5 Å². The van der Waals surface area contributed by atoms with Crippen molar-refractivity contribution in [2.24, 2.45) is 0 Å². The second kappa shape index (κ2) is 6.72. The predicted molar refractivity (Wildman–Crippen MR) is 99.4 cm³/mol. The number of hydrogen-bond donors (Lipinski definition) is 1. The summed E-state index contributed by atoms with van der Waals surface area (Å²) >= 11 is 0. The Hall–Kier alpha value is -2.00. The number of nitrogens with two attached hydrogens (primary N) is 1. The van der Waals surface area contributed by atoms with E-state index in [-0.39, 0.29) is 0 Å². The van der Waals surface area contributed by atoms with Crippen LogP contribution in [0.15, 0.2) is 42.5 Å². The first-order valence-corrected chi connectivity index (χ1v) is 9.50. The van der Waals surface area contributed by atoms with E-state index in [4.69, 9.17) is 9.47 Å². The van der Waals surface area contributed by atoms with Crippen LogP contribution in [0.25, 0.3) is 0 Å². The summed E-state index contributed by atoms with van der Waals surface area (Å²) in [5.41, 5.74) is 4.68. The van der Waals surface area contributed by atoms with Gasteiger partial charge < -0.3 is 14.8 Å². The van der Waals surface area contributed by atoms with Crippen LogP contribution in [0.3, 0.4) is 0 Å². The first-order chi connectivity index (χ1) is 12.3. The highest BCUT2D eigenvalue weighted by atomic mass is 16.5. The van der Waals surface area contributed by atoms with E-state index in [9.17, 15) is 0 Å². The van der Waals surface area contributed by atoms with Gasteiger partial charge in [-0.15, -0.1) is 0 Å². The van der Waals surface area contributed by atoms with Gasteiger partial charge in [0.15, 0.2) is 0 Å². The quantitative estimate of drug-likeness (QED) is 0.925. The lowest BCUT2D eigenvalue weighted by atomic mass is 9.71. The van der Waals surface area contributed by atoms with Gasteiger partial charge in [0.25, 0.3) is 0 Å². The monoisotopic (exact) mass is 338 g/mol. The number of benzene rings is 2. The molecule has 1 heterocycles. The molecular formula is C22H28NO2+. The van der Waals surface area contributed by atoms with Gasteiger partial charge >= 0.3 is 0 Å². The summed E-state index contributed by atoms with van der Waals surface area (Å²) in [6.45, 7) is 3.91. The van der Waals surface area contributed by atoms with Crippen LogP contribution in [-0.4, -0.2) is 20.3 Å². The van der Waals surface area contributed by atoms with Crippen molar-refractivity contribution in [3.63, 3.8) is 0 Å². The fourth-order valence-electron chi connectivity index (χ4n) is 4.77. The van der Waals surface area contributed by atoms with Gasteiger partial charge in [-0.05, 0) is 61.7 Å². The van der Waals surface area contributed by atoms with E-state index in [0.29, 0.717) is 18.1 Å². The minimum atomic E-state index is 0.340. The van der Waals surface area contributed by atoms with Crippen LogP contribution in [0.1, 0.15) is 55.3 Å². The minimum absolute atomic E-state index is 0.340. The molecule has 0 amide bonds. The number of fused-ring (bicyclic) bond motifs is 2. The molecule has 2 N–H and O–H groups in total. The summed E-state index contributed by atoms with van der Waals surface area (Å²) < 4.78 is 11.1. The van der Waals surface area contributed by atoms with E-state index < -0.39 is 0 Å². The van der Waals surface area contributed by atoms with Crippen molar-refractivity contribution < 1.29 is 14.8 Å². The third kappa shape index (κ3) is 2.91. The molecule has 3 nitrogen and oxygen atoms in total. The molecule has 1 spiro atoms. The molecule has 1 atom stereocenters. The number of hydrogen-bond acceptors (Lipinski definition) is 2. The standard InChI is InChI=1S/C22H27NO2/c1-3-25-17-8-6-16(7-9-17)21-19-14-18(24-2)10-11-20(19)22(15-23-21)12-4-5-13-22/h6-11,14,21,23H,3-5,12-13,15H2,1-2H3/p+1/t21-/m0/s1. The maximum atomic E-state index is 5.60. The Labute approximate surface area is 150 Å². The van der Waals surface area contributed by atoms with E-state index >= 15 is 0 Å². The molecule has 0 radical (unpaired) electrons. The summed E-state index contributed by atoms with van der Waals surface area (Å²) in [6, 6.07) is 15.7. The molecule has 0 unspecified atom stereocenters. The molecule has 2 aromatic carbocycles. The molecule has 1 saturated carbocycles. The lowest BCUT2D eigenvalue weighted by molar-refractivity contribution is -0.698. The van der Waals surface area contributed by atoms with Gasteiger partial charge in [0.05, 0.1) is 20.3 Å². The van der Waals surface area contributed by atoms with E-state index in [1.54, 1.807) is 12.7 Å². The van der Waals surface area contributed by atoms with Crippen molar-refractivity contribution in [1.82, 2.24) is 0 Å². The molecule has 0 aromatic heterocycles. The maximum Gasteiger partial charge on any atom is 0.138 e.